The number of methoxy groups -OCH3 is 2. The molecule has 45 heavy (non-hydrogen) atoms. The van der Waals surface area contributed by atoms with Crippen LogP contribution in [0.3, 0.4) is 0 Å². The Balaban J connectivity index is -0.000000596. The van der Waals surface area contributed by atoms with Gasteiger partial charge in [-0.3, -0.25) is 4.79 Å². The largest absolute Gasteiger partial charge is 1.00 e. The molecule has 1 N–H and O–H groups in total. The molecule has 4 aromatic carbocycles. The monoisotopic (exact) mass is 772 g/mol. The first kappa shape index (κ1) is 46.3. The third-order valence-corrected chi connectivity index (χ3v) is 6.10. The van der Waals surface area contributed by atoms with Crippen molar-refractivity contribution in [2.45, 2.75) is 11.9 Å². The Hall–Kier alpha value is -0.817. The number of benzene rings is 4. The first-order valence-corrected chi connectivity index (χ1v) is 14.0. The van der Waals surface area contributed by atoms with Crippen LogP contribution in [-0.2, 0) is 31.1 Å². The fourth-order valence-corrected chi connectivity index (χ4v) is 3.93. The smallest absolute Gasteiger partial charge is 1.00 e. The predicted octanol–water partition coefficient (Wildman–Crippen LogP) is 0.675. The molecule has 0 aliphatic heterocycles. The molecule has 0 aliphatic rings. The van der Waals surface area contributed by atoms with Crippen molar-refractivity contribution in [1.82, 2.24) is 0 Å². The summed E-state index contributed by atoms with van der Waals surface area (Å²) in [7, 11) is 2.70. The van der Waals surface area contributed by atoms with Crippen LogP contribution >= 0.6 is 39.1 Å². The Labute approximate surface area is 366 Å². The third kappa shape index (κ3) is 19.6. The summed E-state index contributed by atoms with van der Waals surface area (Å²) in [6.07, 6.45) is 0. The minimum absolute atomic E-state index is 0. The van der Waals surface area contributed by atoms with Gasteiger partial charge in [0.05, 0.1) is 25.3 Å². The molecule has 0 spiro atoms. The van der Waals surface area contributed by atoms with E-state index in [2.05, 4.69) is 25.6 Å². The summed E-state index contributed by atoms with van der Waals surface area (Å²) in [4.78, 5) is 34.1. The number of aromatic hydroxyl groups is 1. The quantitative estimate of drug-likeness (QED) is 0.0720. The molecule has 0 bridgehead atoms. The molecule has 0 unspecified atom stereocenters. The second-order valence-electron chi connectivity index (χ2n) is 7.85. The van der Waals surface area contributed by atoms with Crippen LogP contribution in [0.5, 0.6) is 11.5 Å². The van der Waals surface area contributed by atoms with E-state index in [1.807, 2.05) is 36.4 Å². The Kier molecular flexibility index (Phi) is 29.0. The average Bonchev–Trinajstić information content (AvgIpc) is 3.04. The van der Waals surface area contributed by atoms with Crippen molar-refractivity contribution in [3.05, 3.63) is 129 Å². The second-order valence-corrected chi connectivity index (χ2v) is 9.28. The number of halogens is 3. The molecule has 230 valence electrons. The van der Waals surface area contributed by atoms with Crippen LogP contribution in [0.2, 0.25) is 10.0 Å². The zero-order valence-electron chi connectivity index (χ0n) is 26.1. The number of ether oxygens (including phenoxy) is 3. The standard InChI is InChI=1S/C15H13ClO3.C9H8BrClO2.C6H6O.CH2O3.2K.H/c1-18-15(17)14-8-7-12(16)9-11(14)10-19-13-5-3-2-4-6-13;1-13-9(12)8-3-2-7(11)4-6(8)5-10;7-6-4-2-1-3-5-6;2-1-4-3;;;/h2-9H,10H2,1H3;2-4H,5H2,1H3;1-5,7H;1,3H;;;/q;;;;2*+1;-1/p-1. The van der Waals surface area contributed by atoms with Gasteiger partial charge in [-0.1, -0.05) is 75.5 Å². The van der Waals surface area contributed by atoms with Crippen molar-refractivity contribution in [2.75, 3.05) is 14.2 Å². The first-order valence-electron chi connectivity index (χ1n) is 12.1. The van der Waals surface area contributed by atoms with Crippen LogP contribution in [0.1, 0.15) is 33.3 Å². The number of carbonyl (C=O) groups excluding carboxylic acids is 3. The summed E-state index contributed by atoms with van der Waals surface area (Å²) in [5, 5.41) is 18.8. The molecule has 0 saturated heterocycles. The molecule has 0 amide bonds. The van der Waals surface area contributed by atoms with Gasteiger partial charge < -0.3 is 30.9 Å². The number of phenolic OH excluding ortho intramolecular Hbond substituents is 1. The predicted molar refractivity (Wildman–Crippen MR) is 165 cm³/mol. The number of carbonyl (C=O) groups is 3. The van der Waals surface area contributed by atoms with Crippen LogP contribution in [0.25, 0.3) is 0 Å². The maximum atomic E-state index is 11.6. The minimum atomic E-state index is -0.400. The molecule has 0 radical (unpaired) electrons. The van der Waals surface area contributed by atoms with Crippen molar-refractivity contribution in [2.24, 2.45) is 0 Å². The molecule has 0 aromatic heterocycles. The molecule has 0 aliphatic carbocycles. The van der Waals surface area contributed by atoms with Gasteiger partial charge in [0.2, 0.25) is 0 Å². The van der Waals surface area contributed by atoms with Crippen molar-refractivity contribution >= 4 is 57.5 Å². The molecule has 4 rings (SSSR count). The van der Waals surface area contributed by atoms with Gasteiger partial charge in [0.15, 0.2) is 0 Å². The molecular weight excluding hydrogens is 745 g/mol. The van der Waals surface area contributed by atoms with E-state index >= 15 is 0 Å². The van der Waals surface area contributed by atoms with Gasteiger partial charge in [-0.25, -0.2) is 9.59 Å². The number of rotatable bonds is 7. The fraction of sp³-hybridized carbons (Fsp3) is 0.129. The molecule has 0 saturated carbocycles. The van der Waals surface area contributed by atoms with E-state index in [0.717, 1.165) is 11.3 Å². The maximum absolute atomic E-state index is 11.6. The Morgan fingerprint density at radius 1 is 0.800 bits per heavy atom. The summed E-state index contributed by atoms with van der Waals surface area (Å²) in [6.45, 7) is 0.0784. The van der Waals surface area contributed by atoms with E-state index in [9.17, 15) is 9.59 Å². The molecule has 0 fully saturated rings. The minimum Gasteiger partial charge on any atom is -1.00 e. The van der Waals surface area contributed by atoms with Gasteiger partial charge in [0.1, 0.15) is 18.1 Å². The zero-order valence-corrected chi connectivity index (χ0v) is 34.4. The van der Waals surface area contributed by atoms with E-state index in [1.165, 1.54) is 14.2 Å². The molecule has 9 nitrogen and oxygen atoms in total. The van der Waals surface area contributed by atoms with Gasteiger partial charge in [-0.15, -0.1) is 0 Å². The fourth-order valence-electron chi connectivity index (χ4n) is 3.08. The number of alkyl halides is 1. The number of hydrogen-bond donors (Lipinski definition) is 1. The van der Waals surface area contributed by atoms with Crippen LogP contribution in [0.4, 0.5) is 0 Å². The molecule has 14 heteroatoms. The van der Waals surface area contributed by atoms with Crippen LogP contribution < -0.4 is 113 Å². The Bertz CT molecular complexity index is 1420. The van der Waals surface area contributed by atoms with Gasteiger partial charge in [0, 0.05) is 20.9 Å². The van der Waals surface area contributed by atoms with Crippen molar-refractivity contribution in [1.29, 1.82) is 0 Å². The number of phenols is 1. The second kappa shape index (κ2) is 28.2. The molecule has 0 atom stereocenters. The van der Waals surface area contributed by atoms with Gasteiger partial charge in [0.25, 0.3) is 6.47 Å². The molecular formula is C31H29BrCl2K2O9. The topological polar surface area (TPSA) is 131 Å². The van der Waals surface area contributed by atoms with Gasteiger partial charge >= 0.3 is 115 Å². The summed E-state index contributed by atoms with van der Waals surface area (Å²) >= 11 is 15.0. The Morgan fingerprint density at radius 2 is 1.22 bits per heavy atom. The normalized spacial score (nSPS) is 8.84. The van der Waals surface area contributed by atoms with E-state index in [4.69, 9.17) is 47.8 Å². The molecule has 4 aromatic rings. The molecule has 0 heterocycles. The van der Waals surface area contributed by atoms with E-state index in [1.54, 1.807) is 60.7 Å². The van der Waals surface area contributed by atoms with E-state index in [-0.39, 0.29) is 123 Å². The SMILES string of the molecule is COC(=O)c1ccc(Cl)cc1CBr.COC(=O)c1ccc(Cl)cc1COc1ccccc1.O=CO[O-].Oc1ccccc1.[H-].[K+].[K+]. The summed E-state index contributed by atoms with van der Waals surface area (Å²) in [5.41, 5.74) is 2.54. The van der Waals surface area contributed by atoms with Crippen molar-refractivity contribution in [3.63, 3.8) is 0 Å². The van der Waals surface area contributed by atoms with Crippen molar-refractivity contribution in [3.8, 4) is 11.5 Å². The average molecular weight is 775 g/mol. The summed E-state index contributed by atoms with van der Waals surface area (Å²) < 4.78 is 15.0. The first-order chi connectivity index (χ1) is 20.7. The van der Waals surface area contributed by atoms with Gasteiger partial charge in [-0.05, 0) is 66.2 Å². The van der Waals surface area contributed by atoms with Crippen LogP contribution in [0.15, 0.2) is 97.1 Å². The van der Waals surface area contributed by atoms with Crippen LogP contribution in [-0.4, -0.2) is 37.7 Å². The maximum Gasteiger partial charge on any atom is 1.00 e. The number of esters is 2. The Morgan fingerprint density at radius 3 is 1.60 bits per heavy atom. The number of hydrogen-bond acceptors (Lipinski definition) is 9. The van der Waals surface area contributed by atoms with E-state index in [0.29, 0.717) is 37.8 Å². The number of para-hydroxylation sites is 2. The third-order valence-electron chi connectivity index (χ3n) is 5.02. The van der Waals surface area contributed by atoms with Crippen molar-refractivity contribution < 1.29 is 148 Å². The zero-order chi connectivity index (χ0) is 32.0. The van der Waals surface area contributed by atoms with E-state index < -0.39 is 5.97 Å². The summed E-state index contributed by atoms with van der Waals surface area (Å²) in [6, 6.07) is 28.1. The van der Waals surface area contributed by atoms with Gasteiger partial charge in [-0.2, -0.15) is 0 Å². The summed E-state index contributed by atoms with van der Waals surface area (Å²) in [5.74, 6) is 0.315. The van der Waals surface area contributed by atoms with Crippen LogP contribution in [0, 0.1) is 0 Å².